The molecule has 0 bridgehead atoms. The first-order valence-corrected chi connectivity index (χ1v) is 8.01. The molecule has 0 aliphatic heterocycles. The Hall–Kier alpha value is -1.55. The van der Waals surface area contributed by atoms with Gasteiger partial charge in [0.05, 0.1) is 0 Å². The Bertz CT molecular complexity index is 458. The monoisotopic (exact) mass is 289 g/mol. The van der Waals surface area contributed by atoms with Gasteiger partial charge in [-0.25, -0.2) is 4.79 Å². The number of urea groups is 1. The lowest BCUT2D eigenvalue weighted by Gasteiger charge is -2.31. The number of hydrogen-bond donors (Lipinski definition) is 3. The molecule has 3 atom stereocenters. The highest BCUT2D eigenvalue weighted by atomic mass is 16.2. The number of carbonyl (C=O) groups is 1. The Labute approximate surface area is 127 Å². The van der Waals surface area contributed by atoms with Gasteiger partial charge in [-0.2, -0.15) is 0 Å². The van der Waals surface area contributed by atoms with Crippen LogP contribution in [0.15, 0.2) is 24.3 Å². The van der Waals surface area contributed by atoms with E-state index >= 15 is 0 Å². The third kappa shape index (κ3) is 4.74. The SMILES string of the molecule is CCC1CCCC(NC(C)c2ccc(NC(N)=O)cc2)C1. The molecule has 116 valence electrons. The van der Waals surface area contributed by atoms with Gasteiger partial charge in [-0.05, 0) is 43.4 Å². The molecule has 0 aromatic heterocycles. The van der Waals surface area contributed by atoms with Crippen LogP contribution in [0.1, 0.15) is 57.6 Å². The fourth-order valence-electron chi connectivity index (χ4n) is 3.26. The number of anilines is 1. The molecule has 3 unspecified atom stereocenters. The molecule has 1 aliphatic carbocycles. The molecule has 0 heterocycles. The number of amides is 2. The molecule has 4 N–H and O–H groups in total. The molecule has 0 spiro atoms. The van der Waals surface area contributed by atoms with Crippen molar-refractivity contribution in [1.82, 2.24) is 5.32 Å². The van der Waals surface area contributed by atoms with Gasteiger partial charge < -0.3 is 16.4 Å². The van der Waals surface area contributed by atoms with E-state index in [4.69, 9.17) is 5.73 Å². The molecule has 4 nitrogen and oxygen atoms in total. The number of carbonyl (C=O) groups excluding carboxylic acids is 1. The molecule has 1 fully saturated rings. The number of benzene rings is 1. The average molecular weight is 289 g/mol. The topological polar surface area (TPSA) is 67.2 Å². The van der Waals surface area contributed by atoms with Crippen LogP contribution in [0, 0.1) is 5.92 Å². The maximum Gasteiger partial charge on any atom is 0.316 e. The molecule has 2 amide bonds. The highest BCUT2D eigenvalue weighted by molar-refractivity contribution is 5.87. The first-order valence-electron chi connectivity index (χ1n) is 8.01. The van der Waals surface area contributed by atoms with Gasteiger partial charge in [-0.3, -0.25) is 0 Å². The predicted octanol–water partition coefficient (Wildman–Crippen LogP) is 3.80. The van der Waals surface area contributed by atoms with Gasteiger partial charge in [0.25, 0.3) is 0 Å². The second kappa shape index (κ2) is 7.46. The van der Waals surface area contributed by atoms with Crippen LogP contribution in [0.25, 0.3) is 0 Å². The molecular formula is C17H27N3O. The van der Waals surface area contributed by atoms with E-state index in [-0.39, 0.29) is 0 Å². The largest absolute Gasteiger partial charge is 0.351 e. The van der Waals surface area contributed by atoms with Gasteiger partial charge in [-0.15, -0.1) is 0 Å². The minimum atomic E-state index is -0.526. The van der Waals surface area contributed by atoms with Crippen LogP contribution in [0.4, 0.5) is 10.5 Å². The summed E-state index contributed by atoms with van der Waals surface area (Å²) in [5.41, 5.74) is 7.09. The Morgan fingerprint density at radius 3 is 2.67 bits per heavy atom. The zero-order valence-corrected chi connectivity index (χ0v) is 13.1. The number of nitrogens with two attached hydrogens (primary N) is 1. The molecule has 0 radical (unpaired) electrons. The van der Waals surface area contributed by atoms with Gasteiger partial charge >= 0.3 is 6.03 Å². The summed E-state index contributed by atoms with van der Waals surface area (Å²) in [6.07, 6.45) is 6.59. The van der Waals surface area contributed by atoms with Crippen LogP contribution in [0.5, 0.6) is 0 Å². The minimum Gasteiger partial charge on any atom is -0.351 e. The molecule has 2 rings (SSSR count). The molecule has 1 aliphatic rings. The molecule has 0 saturated heterocycles. The normalized spacial score (nSPS) is 23.5. The molecule has 1 aromatic carbocycles. The molecule has 1 saturated carbocycles. The first kappa shape index (κ1) is 15.8. The number of rotatable bonds is 5. The van der Waals surface area contributed by atoms with Crippen molar-refractivity contribution >= 4 is 11.7 Å². The van der Waals surface area contributed by atoms with Gasteiger partial charge in [0.1, 0.15) is 0 Å². The average Bonchev–Trinajstić information content (AvgIpc) is 2.47. The fourth-order valence-corrected chi connectivity index (χ4v) is 3.26. The van der Waals surface area contributed by atoms with Crippen molar-refractivity contribution in [1.29, 1.82) is 0 Å². The number of hydrogen-bond acceptors (Lipinski definition) is 2. The lowest BCUT2D eigenvalue weighted by molar-refractivity contribution is 0.259. The minimum absolute atomic E-state index is 0.327. The van der Waals surface area contributed by atoms with Crippen LogP contribution in [-0.2, 0) is 0 Å². The standard InChI is InChI=1S/C17H27N3O/c1-3-13-5-4-6-16(11-13)19-12(2)14-7-9-15(10-8-14)20-17(18)21/h7-10,12-13,16,19H,3-6,11H2,1-2H3,(H3,18,20,21). The highest BCUT2D eigenvalue weighted by Crippen LogP contribution is 2.28. The van der Waals surface area contributed by atoms with Crippen molar-refractivity contribution in [2.45, 2.75) is 58.0 Å². The third-order valence-electron chi connectivity index (χ3n) is 4.52. The number of nitrogens with one attached hydrogen (secondary N) is 2. The zero-order valence-electron chi connectivity index (χ0n) is 13.1. The maximum atomic E-state index is 10.8. The van der Waals surface area contributed by atoms with Gasteiger partial charge in [0.15, 0.2) is 0 Å². The summed E-state index contributed by atoms with van der Waals surface area (Å²) < 4.78 is 0. The summed E-state index contributed by atoms with van der Waals surface area (Å²) in [5, 5.41) is 6.33. The van der Waals surface area contributed by atoms with Crippen molar-refractivity contribution in [3.05, 3.63) is 29.8 Å². The molecular weight excluding hydrogens is 262 g/mol. The van der Waals surface area contributed by atoms with E-state index < -0.39 is 6.03 Å². The second-order valence-corrected chi connectivity index (χ2v) is 6.14. The zero-order chi connectivity index (χ0) is 15.2. The summed E-state index contributed by atoms with van der Waals surface area (Å²) in [7, 11) is 0. The second-order valence-electron chi connectivity index (χ2n) is 6.14. The van der Waals surface area contributed by atoms with Crippen LogP contribution in [0.3, 0.4) is 0 Å². The lowest BCUT2D eigenvalue weighted by Crippen LogP contribution is -2.35. The van der Waals surface area contributed by atoms with Crippen LogP contribution < -0.4 is 16.4 Å². The summed E-state index contributed by atoms with van der Waals surface area (Å²) in [4.78, 5) is 10.8. The van der Waals surface area contributed by atoms with E-state index in [0.717, 1.165) is 11.6 Å². The first-order chi connectivity index (χ1) is 10.1. The molecule has 4 heteroatoms. The fraction of sp³-hybridized carbons (Fsp3) is 0.588. The Morgan fingerprint density at radius 1 is 1.33 bits per heavy atom. The van der Waals surface area contributed by atoms with Crippen LogP contribution >= 0.6 is 0 Å². The summed E-state index contributed by atoms with van der Waals surface area (Å²) >= 11 is 0. The Balaban J connectivity index is 1.90. The molecule has 21 heavy (non-hydrogen) atoms. The third-order valence-corrected chi connectivity index (χ3v) is 4.52. The Morgan fingerprint density at radius 2 is 2.05 bits per heavy atom. The van der Waals surface area contributed by atoms with E-state index in [9.17, 15) is 4.79 Å². The van der Waals surface area contributed by atoms with E-state index in [1.54, 1.807) is 0 Å². The van der Waals surface area contributed by atoms with E-state index in [2.05, 4.69) is 24.5 Å². The summed E-state index contributed by atoms with van der Waals surface area (Å²) in [6, 6.07) is 8.31. The maximum absolute atomic E-state index is 10.8. The summed E-state index contributed by atoms with van der Waals surface area (Å²) in [6.45, 7) is 4.49. The van der Waals surface area contributed by atoms with Gasteiger partial charge in [0.2, 0.25) is 0 Å². The lowest BCUT2D eigenvalue weighted by atomic mass is 9.84. The van der Waals surface area contributed by atoms with Crippen LogP contribution in [-0.4, -0.2) is 12.1 Å². The van der Waals surface area contributed by atoms with Crippen molar-refractivity contribution < 1.29 is 4.79 Å². The smallest absolute Gasteiger partial charge is 0.316 e. The van der Waals surface area contributed by atoms with Gasteiger partial charge in [-0.1, -0.05) is 38.3 Å². The molecule has 1 aromatic rings. The highest BCUT2D eigenvalue weighted by Gasteiger charge is 2.22. The van der Waals surface area contributed by atoms with Crippen molar-refractivity contribution in [2.24, 2.45) is 11.7 Å². The van der Waals surface area contributed by atoms with Crippen LogP contribution in [0.2, 0.25) is 0 Å². The summed E-state index contributed by atoms with van der Waals surface area (Å²) in [5.74, 6) is 0.880. The number of primary amides is 1. The quantitative estimate of drug-likeness (QED) is 0.772. The van der Waals surface area contributed by atoms with E-state index in [1.807, 2.05) is 24.3 Å². The van der Waals surface area contributed by atoms with Crippen molar-refractivity contribution in [3.63, 3.8) is 0 Å². The van der Waals surface area contributed by atoms with E-state index in [0.29, 0.717) is 12.1 Å². The van der Waals surface area contributed by atoms with Crippen molar-refractivity contribution in [3.8, 4) is 0 Å². The van der Waals surface area contributed by atoms with Gasteiger partial charge in [0, 0.05) is 17.8 Å². The van der Waals surface area contributed by atoms with Crippen molar-refractivity contribution in [2.75, 3.05) is 5.32 Å². The predicted molar refractivity (Wildman–Crippen MR) is 87.2 cm³/mol. The Kier molecular flexibility index (Phi) is 5.62. The van der Waals surface area contributed by atoms with E-state index in [1.165, 1.54) is 37.7 Å².